The highest BCUT2D eigenvalue weighted by molar-refractivity contribution is 4.77. The molecule has 0 aliphatic carbocycles. The van der Waals surface area contributed by atoms with Gasteiger partial charge in [-0.2, -0.15) is 0 Å². The fourth-order valence-corrected chi connectivity index (χ4v) is 1.42. The van der Waals surface area contributed by atoms with Crippen LogP contribution in [0.1, 0.15) is 20.3 Å². The molecule has 0 aromatic rings. The Balaban J connectivity index is 2.54. The van der Waals surface area contributed by atoms with E-state index in [2.05, 4.69) is 38.0 Å². The summed E-state index contributed by atoms with van der Waals surface area (Å²) in [5, 5.41) is 4.59. The van der Waals surface area contributed by atoms with Gasteiger partial charge in [0.05, 0.1) is 0 Å². The van der Waals surface area contributed by atoms with Crippen LogP contribution in [-0.4, -0.2) is 36.2 Å². The van der Waals surface area contributed by atoms with Gasteiger partial charge in [0.25, 0.3) is 0 Å². The lowest BCUT2D eigenvalue weighted by atomic mass is 10.2. The average Bonchev–Trinajstić information content (AvgIpc) is 1.98. The molecule has 1 heterocycles. The molecule has 0 unspecified atom stereocenters. The van der Waals surface area contributed by atoms with Crippen molar-refractivity contribution in [1.82, 2.24) is 10.0 Å². The van der Waals surface area contributed by atoms with Crippen LogP contribution in [-0.2, 0) is 0 Å². The minimum Gasteiger partial charge on any atom is -0.242 e. The Bertz CT molecular complexity index is 91.1. The molecule has 1 saturated heterocycles. The van der Waals surface area contributed by atoms with Crippen LogP contribution in [0.4, 0.5) is 0 Å². The lowest BCUT2D eigenvalue weighted by Gasteiger charge is -2.24. The molecule has 0 aromatic heterocycles. The first-order valence-corrected chi connectivity index (χ1v) is 3.58. The molecule has 1 rings (SSSR count). The summed E-state index contributed by atoms with van der Waals surface area (Å²) in [4.78, 5) is 0. The van der Waals surface area contributed by atoms with Crippen molar-refractivity contribution in [1.29, 1.82) is 0 Å². The molecule has 0 saturated carbocycles. The molecule has 0 N–H and O–H groups in total. The molecule has 2 heteroatoms. The van der Waals surface area contributed by atoms with Crippen LogP contribution >= 0.6 is 0 Å². The van der Waals surface area contributed by atoms with Crippen LogP contribution in [0.2, 0.25) is 0 Å². The molecular formula is C7H16N2. The van der Waals surface area contributed by atoms with Crippen molar-refractivity contribution < 1.29 is 0 Å². The van der Waals surface area contributed by atoms with Crippen molar-refractivity contribution >= 4 is 0 Å². The van der Waals surface area contributed by atoms with Crippen molar-refractivity contribution in [2.45, 2.75) is 32.4 Å². The minimum atomic E-state index is 0.727. The number of hydrazine groups is 1. The first-order chi connectivity index (χ1) is 4.13. The summed E-state index contributed by atoms with van der Waals surface area (Å²) in [5.41, 5.74) is 0. The van der Waals surface area contributed by atoms with Gasteiger partial charge in [-0.05, 0) is 20.3 Å². The molecule has 2 nitrogen and oxygen atoms in total. The normalized spacial score (nSPS) is 40.0. The average molecular weight is 128 g/mol. The number of hydrogen-bond acceptors (Lipinski definition) is 2. The van der Waals surface area contributed by atoms with Gasteiger partial charge in [0.2, 0.25) is 0 Å². The Morgan fingerprint density at radius 1 is 1.00 bits per heavy atom. The summed E-state index contributed by atoms with van der Waals surface area (Å²) < 4.78 is 0. The van der Waals surface area contributed by atoms with E-state index in [1.54, 1.807) is 0 Å². The summed E-state index contributed by atoms with van der Waals surface area (Å²) in [6, 6.07) is 1.45. The summed E-state index contributed by atoms with van der Waals surface area (Å²) in [7, 11) is 4.29. The first kappa shape index (κ1) is 7.03. The largest absolute Gasteiger partial charge is 0.242 e. The van der Waals surface area contributed by atoms with Crippen LogP contribution in [0.25, 0.3) is 0 Å². The topological polar surface area (TPSA) is 6.48 Å². The Labute approximate surface area is 57.4 Å². The lowest BCUT2D eigenvalue weighted by Crippen LogP contribution is -2.35. The zero-order valence-electron chi connectivity index (χ0n) is 6.76. The Morgan fingerprint density at radius 3 is 1.44 bits per heavy atom. The molecule has 1 fully saturated rings. The second-order valence-corrected chi connectivity index (χ2v) is 3.08. The van der Waals surface area contributed by atoms with Crippen LogP contribution in [0.3, 0.4) is 0 Å². The maximum absolute atomic E-state index is 2.30. The highest BCUT2D eigenvalue weighted by Crippen LogP contribution is 2.19. The fraction of sp³-hybridized carbons (Fsp3) is 1.00. The van der Waals surface area contributed by atoms with Crippen molar-refractivity contribution in [3.8, 4) is 0 Å². The van der Waals surface area contributed by atoms with E-state index in [0.29, 0.717) is 0 Å². The van der Waals surface area contributed by atoms with Gasteiger partial charge in [-0.15, -0.1) is 0 Å². The Hall–Kier alpha value is -0.0800. The highest BCUT2D eigenvalue weighted by atomic mass is 15.6. The van der Waals surface area contributed by atoms with E-state index in [9.17, 15) is 0 Å². The lowest BCUT2D eigenvalue weighted by molar-refractivity contribution is 0.0357. The summed E-state index contributed by atoms with van der Waals surface area (Å²) in [6.07, 6.45) is 1.30. The Kier molecular flexibility index (Phi) is 1.78. The van der Waals surface area contributed by atoms with Gasteiger partial charge in [0, 0.05) is 26.2 Å². The van der Waals surface area contributed by atoms with E-state index in [4.69, 9.17) is 0 Å². The van der Waals surface area contributed by atoms with E-state index in [-0.39, 0.29) is 0 Å². The van der Waals surface area contributed by atoms with Gasteiger partial charge in [0.1, 0.15) is 0 Å². The number of rotatable bonds is 0. The van der Waals surface area contributed by atoms with Crippen LogP contribution in [0.5, 0.6) is 0 Å². The zero-order chi connectivity index (χ0) is 7.02. The third-order valence-electron chi connectivity index (χ3n) is 2.46. The molecule has 1 aliphatic heterocycles. The standard InChI is InChI=1S/C7H16N2/c1-6-5-7(2)9(4)8(6)3/h6-7H,5H2,1-4H3/t6-,7+. The smallest absolute Gasteiger partial charge is 0.0229 e. The molecule has 0 aromatic carbocycles. The van der Waals surface area contributed by atoms with Gasteiger partial charge in [-0.1, -0.05) is 0 Å². The van der Waals surface area contributed by atoms with Gasteiger partial charge < -0.3 is 0 Å². The van der Waals surface area contributed by atoms with Gasteiger partial charge in [-0.25, -0.2) is 10.0 Å². The predicted molar refractivity (Wildman–Crippen MR) is 39.1 cm³/mol. The van der Waals surface area contributed by atoms with Crippen LogP contribution < -0.4 is 0 Å². The van der Waals surface area contributed by atoms with Gasteiger partial charge in [-0.3, -0.25) is 0 Å². The van der Waals surface area contributed by atoms with Crippen molar-refractivity contribution in [2.24, 2.45) is 0 Å². The summed E-state index contributed by atoms with van der Waals surface area (Å²) in [5.74, 6) is 0. The van der Waals surface area contributed by atoms with Gasteiger partial charge >= 0.3 is 0 Å². The maximum Gasteiger partial charge on any atom is 0.0229 e. The third-order valence-corrected chi connectivity index (χ3v) is 2.46. The molecule has 0 radical (unpaired) electrons. The quantitative estimate of drug-likeness (QED) is 0.479. The molecule has 0 spiro atoms. The number of nitrogens with zero attached hydrogens (tertiary/aromatic N) is 2. The van der Waals surface area contributed by atoms with Crippen LogP contribution in [0, 0.1) is 0 Å². The molecule has 9 heavy (non-hydrogen) atoms. The maximum atomic E-state index is 2.30. The van der Waals surface area contributed by atoms with E-state index in [1.807, 2.05) is 0 Å². The summed E-state index contributed by atoms with van der Waals surface area (Å²) >= 11 is 0. The molecule has 2 atom stereocenters. The molecule has 1 aliphatic rings. The fourth-order valence-electron chi connectivity index (χ4n) is 1.42. The predicted octanol–water partition coefficient (Wildman–Crippen LogP) is 0.946. The number of hydrogen-bond donors (Lipinski definition) is 0. The SMILES string of the molecule is C[C@@H]1C[C@H](C)N(C)N1C. The monoisotopic (exact) mass is 128 g/mol. The van der Waals surface area contributed by atoms with Crippen molar-refractivity contribution in [3.05, 3.63) is 0 Å². The van der Waals surface area contributed by atoms with Crippen molar-refractivity contribution in [3.63, 3.8) is 0 Å². The van der Waals surface area contributed by atoms with Crippen LogP contribution in [0.15, 0.2) is 0 Å². The molecule has 0 amide bonds. The second kappa shape index (κ2) is 2.27. The van der Waals surface area contributed by atoms with E-state index in [0.717, 1.165) is 12.1 Å². The highest BCUT2D eigenvalue weighted by Gasteiger charge is 2.27. The molecular weight excluding hydrogens is 112 g/mol. The first-order valence-electron chi connectivity index (χ1n) is 3.58. The summed E-state index contributed by atoms with van der Waals surface area (Å²) in [6.45, 7) is 4.53. The minimum absolute atomic E-state index is 0.727. The third kappa shape index (κ3) is 1.10. The zero-order valence-corrected chi connectivity index (χ0v) is 6.76. The van der Waals surface area contributed by atoms with Crippen molar-refractivity contribution in [2.75, 3.05) is 14.1 Å². The van der Waals surface area contributed by atoms with E-state index >= 15 is 0 Å². The molecule has 54 valence electrons. The Morgan fingerprint density at radius 2 is 1.33 bits per heavy atom. The molecule has 0 bridgehead atoms. The van der Waals surface area contributed by atoms with Gasteiger partial charge in [0.15, 0.2) is 0 Å². The van der Waals surface area contributed by atoms with E-state index in [1.165, 1.54) is 6.42 Å². The van der Waals surface area contributed by atoms with E-state index < -0.39 is 0 Å². The second-order valence-electron chi connectivity index (χ2n) is 3.08.